The van der Waals surface area contributed by atoms with Crippen LogP contribution in [0, 0.1) is 0 Å². The van der Waals surface area contributed by atoms with Gasteiger partial charge >= 0.3 is 0 Å². The summed E-state index contributed by atoms with van der Waals surface area (Å²) in [5.74, 6) is 3.16. The van der Waals surface area contributed by atoms with Crippen molar-refractivity contribution < 1.29 is 4.74 Å². The van der Waals surface area contributed by atoms with Crippen LogP contribution in [0.5, 0.6) is 5.75 Å². The molecule has 3 nitrogen and oxygen atoms in total. The Morgan fingerprint density at radius 3 is 2.55 bits per heavy atom. The molecule has 0 spiro atoms. The lowest BCUT2D eigenvalue weighted by Crippen LogP contribution is -2.30. The van der Waals surface area contributed by atoms with Crippen molar-refractivity contribution in [3.05, 3.63) is 59.9 Å². The lowest BCUT2D eigenvalue weighted by atomic mass is 10.2. The van der Waals surface area contributed by atoms with Crippen LogP contribution in [0.15, 0.2) is 53.8 Å². The minimum atomic E-state index is 0.395. The van der Waals surface area contributed by atoms with Gasteiger partial charge in [0.1, 0.15) is 11.9 Å². The molecule has 3 rings (SSSR count). The van der Waals surface area contributed by atoms with E-state index in [4.69, 9.17) is 4.74 Å². The Balaban J connectivity index is 1.54. The molecule has 4 heteroatoms. The highest BCUT2D eigenvalue weighted by atomic mass is 32.2. The van der Waals surface area contributed by atoms with Crippen molar-refractivity contribution in [3.63, 3.8) is 0 Å². The van der Waals surface area contributed by atoms with Gasteiger partial charge in [-0.25, -0.2) is 0 Å². The molecular weight excluding hydrogens is 268 g/mol. The smallest absolute Gasteiger partial charge is 0.119 e. The summed E-state index contributed by atoms with van der Waals surface area (Å²) in [6.07, 6.45) is 5.86. The molecule has 20 heavy (non-hydrogen) atoms. The van der Waals surface area contributed by atoms with Crippen LogP contribution in [-0.4, -0.2) is 28.8 Å². The third-order valence-corrected chi connectivity index (χ3v) is 4.27. The van der Waals surface area contributed by atoms with E-state index < -0.39 is 0 Å². The van der Waals surface area contributed by atoms with Gasteiger partial charge in [-0.15, -0.1) is 0 Å². The number of aromatic nitrogens is 1. The number of rotatable bonds is 5. The lowest BCUT2D eigenvalue weighted by molar-refractivity contribution is 0.240. The minimum absolute atomic E-state index is 0.395. The number of ether oxygens (including phenoxy) is 1. The Morgan fingerprint density at radius 2 is 1.90 bits per heavy atom. The maximum absolute atomic E-state index is 5.81. The van der Waals surface area contributed by atoms with Crippen molar-refractivity contribution in [2.24, 2.45) is 4.99 Å². The Morgan fingerprint density at radius 1 is 1.15 bits per heavy atom. The average Bonchev–Trinajstić information content (AvgIpc) is 2.46. The first-order valence-electron chi connectivity index (χ1n) is 6.63. The number of hydrogen-bond donors (Lipinski definition) is 0. The molecule has 1 aromatic carbocycles. The van der Waals surface area contributed by atoms with Crippen LogP contribution in [0.4, 0.5) is 0 Å². The molecule has 0 atom stereocenters. The molecule has 1 aliphatic rings. The van der Waals surface area contributed by atoms with Crippen LogP contribution in [0.1, 0.15) is 11.1 Å². The fraction of sp³-hybridized carbons (Fsp3) is 0.250. The summed E-state index contributed by atoms with van der Waals surface area (Å²) in [6.45, 7) is 0.681. The Labute approximate surface area is 123 Å². The highest BCUT2D eigenvalue weighted by Gasteiger charge is 2.19. The molecular formula is C16H16N2OS. The van der Waals surface area contributed by atoms with E-state index >= 15 is 0 Å². The van der Waals surface area contributed by atoms with E-state index in [1.54, 1.807) is 12.4 Å². The van der Waals surface area contributed by atoms with Gasteiger partial charge in [0, 0.05) is 30.1 Å². The van der Waals surface area contributed by atoms with Crippen molar-refractivity contribution in [1.29, 1.82) is 0 Å². The molecule has 0 radical (unpaired) electrons. The van der Waals surface area contributed by atoms with Crippen LogP contribution in [-0.2, 0) is 6.54 Å². The van der Waals surface area contributed by atoms with Crippen LogP contribution >= 0.6 is 11.8 Å². The molecule has 1 aromatic heterocycles. The molecule has 0 bridgehead atoms. The fourth-order valence-corrected chi connectivity index (χ4v) is 2.42. The van der Waals surface area contributed by atoms with E-state index in [-0.39, 0.29) is 0 Å². The molecule has 0 amide bonds. The summed E-state index contributed by atoms with van der Waals surface area (Å²) in [5.41, 5.74) is 2.26. The van der Waals surface area contributed by atoms with Crippen molar-refractivity contribution in [2.45, 2.75) is 12.6 Å². The van der Waals surface area contributed by atoms with Gasteiger partial charge in [0.05, 0.1) is 6.54 Å². The summed E-state index contributed by atoms with van der Waals surface area (Å²) in [4.78, 5) is 8.42. The molecule has 0 aliphatic carbocycles. The van der Waals surface area contributed by atoms with E-state index in [0.29, 0.717) is 12.6 Å². The van der Waals surface area contributed by atoms with Gasteiger partial charge in [-0.1, -0.05) is 0 Å². The topological polar surface area (TPSA) is 34.5 Å². The summed E-state index contributed by atoms with van der Waals surface area (Å²) < 4.78 is 5.81. The predicted octanol–water partition coefficient (Wildman–Crippen LogP) is 3.19. The highest BCUT2D eigenvalue weighted by Crippen LogP contribution is 2.23. The Kier molecular flexibility index (Phi) is 4.33. The Bertz CT molecular complexity index is 565. The molecule has 1 saturated heterocycles. The molecule has 0 saturated carbocycles. The molecule has 2 heterocycles. The first kappa shape index (κ1) is 13.2. The predicted molar refractivity (Wildman–Crippen MR) is 83.7 cm³/mol. The number of aliphatic imine (C=N–C) groups is 1. The van der Waals surface area contributed by atoms with Gasteiger partial charge in [0.25, 0.3) is 0 Å². The van der Waals surface area contributed by atoms with Crippen LogP contribution in [0.2, 0.25) is 0 Å². The van der Waals surface area contributed by atoms with Crippen molar-refractivity contribution >= 4 is 18.0 Å². The first-order valence-corrected chi connectivity index (χ1v) is 7.79. The number of pyridine rings is 1. The standard InChI is InChI=1S/C16H16N2OS/c1-3-15(19-16-11-20-12-16)4-2-13(1)9-18-10-14-5-7-17-8-6-14/h1-9,16H,10-12H2. The molecule has 102 valence electrons. The summed E-state index contributed by atoms with van der Waals surface area (Å²) >= 11 is 1.93. The number of nitrogens with zero attached hydrogens (tertiary/aromatic N) is 2. The fourth-order valence-electron chi connectivity index (χ4n) is 1.85. The normalized spacial score (nSPS) is 15.2. The van der Waals surface area contributed by atoms with Crippen molar-refractivity contribution in [2.75, 3.05) is 11.5 Å². The van der Waals surface area contributed by atoms with Gasteiger partial charge in [0.2, 0.25) is 0 Å². The summed E-state index contributed by atoms with van der Waals surface area (Å²) in [6, 6.07) is 12.1. The zero-order valence-corrected chi connectivity index (χ0v) is 11.9. The van der Waals surface area contributed by atoms with Crippen LogP contribution in [0.25, 0.3) is 0 Å². The van der Waals surface area contributed by atoms with E-state index in [1.165, 1.54) is 5.56 Å². The molecule has 0 unspecified atom stereocenters. The second kappa shape index (κ2) is 6.57. The van der Waals surface area contributed by atoms with Crippen LogP contribution < -0.4 is 4.74 Å². The van der Waals surface area contributed by atoms with Gasteiger partial charge in [-0.05, 0) is 47.5 Å². The third kappa shape index (κ3) is 3.61. The maximum atomic E-state index is 5.81. The summed E-state index contributed by atoms with van der Waals surface area (Å²) in [5, 5.41) is 0. The zero-order valence-electron chi connectivity index (χ0n) is 11.1. The van der Waals surface area contributed by atoms with Gasteiger partial charge in [-0.3, -0.25) is 9.98 Å². The molecule has 2 aromatic rings. The second-order valence-corrected chi connectivity index (χ2v) is 5.75. The quantitative estimate of drug-likeness (QED) is 0.791. The second-order valence-electron chi connectivity index (χ2n) is 4.67. The molecule has 1 aliphatic heterocycles. The monoisotopic (exact) mass is 284 g/mol. The lowest BCUT2D eigenvalue weighted by Gasteiger charge is -2.25. The number of hydrogen-bond acceptors (Lipinski definition) is 4. The maximum Gasteiger partial charge on any atom is 0.119 e. The van der Waals surface area contributed by atoms with E-state index in [0.717, 1.165) is 22.8 Å². The highest BCUT2D eigenvalue weighted by molar-refractivity contribution is 8.00. The van der Waals surface area contributed by atoms with Crippen LogP contribution in [0.3, 0.4) is 0 Å². The van der Waals surface area contributed by atoms with E-state index in [1.807, 2.05) is 54.4 Å². The zero-order chi connectivity index (χ0) is 13.6. The minimum Gasteiger partial charge on any atom is -0.489 e. The molecule has 1 fully saturated rings. The largest absolute Gasteiger partial charge is 0.489 e. The van der Waals surface area contributed by atoms with Gasteiger partial charge in [0.15, 0.2) is 0 Å². The molecule has 0 N–H and O–H groups in total. The SMILES string of the molecule is C(=NCc1ccncc1)c1ccc(OC2CSC2)cc1. The summed E-state index contributed by atoms with van der Waals surface area (Å²) in [7, 11) is 0. The van der Waals surface area contributed by atoms with E-state index in [9.17, 15) is 0 Å². The van der Waals surface area contributed by atoms with Gasteiger partial charge < -0.3 is 4.74 Å². The third-order valence-electron chi connectivity index (χ3n) is 3.05. The first-order chi connectivity index (χ1) is 9.90. The van der Waals surface area contributed by atoms with Crippen molar-refractivity contribution in [1.82, 2.24) is 4.98 Å². The number of benzene rings is 1. The Hall–Kier alpha value is -1.81. The van der Waals surface area contributed by atoms with E-state index in [2.05, 4.69) is 9.98 Å². The number of thioether (sulfide) groups is 1. The van der Waals surface area contributed by atoms with Gasteiger partial charge in [-0.2, -0.15) is 11.8 Å². The van der Waals surface area contributed by atoms with Crippen molar-refractivity contribution in [3.8, 4) is 5.75 Å². The average molecular weight is 284 g/mol.